The number of carbonyl (C=O) groups is 3. The summed E-state index contributed by atoms with van der Waals surface area (Å²) in [6, 6.07) is 10.7. The minimum Gasteiger partial charge on any atom is -0.343 e. The van der Waals surface area contributed by atoms with E-state index in [1.807, 2.05) is 0 Å². The number of benzene rings is 2. The van der Waals surface area contributed by atoms with Gasteiger partial charge in [-0.3, -0.25) is 35.3 Å². The number of carbonyl (C=O) groups excluding carboxylic acids is 3. The molecular formula is C17H15BrN4O5. The lowest BCUT2D eigenvalue weighted by atomic mass is 10.1. The molecular weight excluding hydrogens is 420 g/mol. The van der Waals surface area contributed by atoms with Crippen molar-refractivity contribution in [3.8, 4) is 0 Å². The summed E-state index contributed by atoms with van der Waals surface area (Å²) in [5.74, 6) is -1.84. The lowest BCUT2D eigenvalue weighted by Gasteiger charge is -2.09. The van der Waals surface area contributed by atoms with Crippen molar-refractivity contribution in [1.82, 2.24) is 16.2 Å². The number of amides is 3. The fourth-order valence-electron chi connectivity index (χ4n) is 2.09. The number of hydrazine groups is 1. The van der Waals surface area contributed by atoms with Gasteiger partial charge in [0.1, 0.15) is 0 Å². The normalized spacial score (nSPS) is 10.0. The Morgan fingerprint density at radius 3 is 2.44 bits per heavy atom. The molecule has 0 heterocycles. The molecule has 27 heavy (non-hydrogen) atoms. The van der Waals surface area contributed by atoms with Crippen molar-refractivity contribution in [2.45, 2.75) is 6.92 Å². The zero-order chi connectivity index (χ0) is 20.0. The van der Waals surface area contributed by atoms with Gasteiger partial charge >= 0.3 is 0 Å². The van der Waals surface area contributed by atoms with E-state index < -0.39 is 29.2 Å². The van der Waals surface area contributed by atoms with Gasteiger partial charge in [-0.25, -0.2) is 0 Å². The molecule has 2 aromatic carbocycles. The third kappa shape index (κ3) is 5.35. The van der Waals surface area contributed by atoms with Gasteiger partial charge < -0.3 is 5.32 Å². The van der Waals surface area contributed by atoms with E-state index in [2.05, 4.69) is 32.1 Å². The molecule has 2 aromatic rings. The second-order valence-corrected chi connectivity index (χ2v) is 6.28. The van der Waals surface area contributed by atoms with Gasteiger partial charge in [0.15, 0.2) is 0 Å². The van der Waals surface area contributed by atoms with Crippen molar-refractivity contribution < 1.29 is 19.3 Å². The Labute approximate surface area is 162 Å². The van der Waals surface area contributed by atoms with E-state index in [9.17, 15) is 24.5 Å². The molecule has 0 bridgehead atoms. The summed E-state index contributed by atoms with van der Waals surface area (Å²) in [6.45, 7) is 1.14. The van der Waals surface area contributed by atoms with E-state index >= 15 is 0 Å². The largest absolute Gasteiger partial charge is 0.343 e. The van der Waals surface area contributed by atoms with Gasteiger partial charge in [-0.15, -0.1) is 0 Å². The zero-order valence-corrected chi connectivity index (χ0v) is 15.7. The quantitative estimate of drug-likeness (QED) is 0.488. The molecule has 140 valence electrons. The molecule has 0 aliphatic carbocycles. The minimum atomic E-state index is -0.662. The molecule has 3 amide bonds. The van der Waals surface area contributed by atoms with Gasteiger partial charge in [-0.05, 0) is 41.1 Å². The van der Waals surface area contributed by atoms with Crippen LogP contribution in [0.3, 0.4) is 0 Å². The number of hydrogen-bond acceptors (Lipinski definition) is 5. The SMILES string of the molecule is Cc1ccc(C(=O)NCC(=O)NNC(=O)c2ccccc2Br)cc1[N+](=O)[O-]. The Morgan fingerprint density at radius 1 is 1.07 bits per heavy atom. The van der Waals surface area contributed by atoms with Crippen LogP contribution in [0.5, 0.6) is 0 Å². The van der Waals surface area contributed by atoms with Crippen molar-refractivity contribution in [3.05, 3.63) is 73.7 Å². The van der Waals surface area contributed by atoms with Gasteiger partial charge in [0.25, 0.3) is 23.4 Å². The number of aryl methyl sites for hydroxylation is 1. The highest BCUT2D eigenvalue weighted by Gasteiger charge is 2.16. The molecule has 0 aliphatic rings. The minimum absolute atomic E-state index is 0.0531. The monoisotopic (exact) mass is 434 g/mol. The Morgan fingerprint density at radius 2 is 1.78 bits per heavy atom. The molecule has 0 aliphatic heterocycles. The molecule has 0 aromatic heterocycles. The summed E-state index contributed by atoms with van der Waals surface area (Å²) in [7, 11) is 0. The zero-order valence-electron chi connectivity index (χ0n) is 14.1. The fraction of sp³-hybridized carbons (Fsp3) is 0.118. The summed E-state index contributed by atoms with van der Waals surface area (Å²) in [5, 5.41) is 13.2. The number of nitro groups is 1. The van der Waals surface area contributed by atoms with Crippen LogP contribution in [0.4, 0.5) is 5.69 Å². The summed E-state index contributed by atoms with van der Waals surface area (Å²) >= 11 is 3.22. The van der Waals surface area contributed by atoms with Crippen molar-refractivity contribution >= 4 is 39.3 Å². The van der Waals surface area contributed by atoms with Gasteiger partial charge in [0.2, 0.25) is 0 Å². The maximum absolute atomic E-state index is 12.0. The second-order valence-electron chi connectivity index (χ2n) is 5.42. The fourth-order valence-corrected chi connectivity index (χ4v) is 2.56. The van der Waals surface area contributed by atoms with Gasteiger partial charge in [0.05, 0.1) is 17.0 Å². The number of nitro benzene ring substituents is 1. The topological polar surface area (TPSA) is 130 Å². The van der Waals surface area contributed by atoms with Gasteiger partial charge in [-0.1, -0.05) is 18.2 Å². The van der Waals surface area contributed by atoms with E-state index in [1.165, 1.54) is 12.1 Å². The first-order valence-corrected chi connectivity index (χ1v) is 8.46. The highest BCUT2D eigenvalue weighted by Crippen LogP contribution is 2.19. The number of nitrogens with one attached hydrogen (secondary N) is 3. The second kappa shape index (κ2) is 8.90. The molecule has 0 atom stereocenters. The van der Waals surface area contributed by atoms with Crippen LogP contribution < -0.4 is 16.2 Å². The van der Waals surface area contributed by atoms with Crippen LogP contribution in [0.2, 0.25) is 0 Å². The third-order valence-corrected chi connectivity index (χ3v) is 4.20. The molecule has 3 N–H and O–H groups in total. The molecule has 0 saturated carbocycles. The van der Waals surface area contributed by atoms with Crippen LogP contribution in [-0.2, 0) is 4.79 Å². The number of hydrogen-bond donors (Lipinski definition) is 3. The third-order valence-electron chi connectivity index (χ3n) is 3.51. The van der Waals surface area contributed by atoms with Gasteiger partial charge in [-0.2, -0.15) is 0 Å². The van der Waals surface area contributed by atoms with Crippen LogP contribution in [0.1, 0.15) is 26.3 Å². The number of halogens is 1. The summed E-state index contributed by atoms with van der Waals surface area (Å²) in [4.78, 5) is 46.1. The first-order chi connectivity index (χ1) is 12.8. The summed E-state index contributed by atoms with van der Waals surface area (Å²) < 4.78 is 0.561. The van der Waals surface area contributed by atoms with E-state index in [1.54, 1.807) is 31.2 Å². The van der Waals surface area contributed by atoms with E-state index in [0.29, 0.717) is 15.6 Å². The maximum atomic E-state index is 12.0. The van der Waals surface area contributed by atoms with Crippen molar-refractivity contribution in [2.75, 3.05) is 6.54 Å². The molecule has 10 heteroatoms. The Kier molecular flexibility index (Phi) is 6.61. The standard InChI is InChI=1S/C17H15BrN4O5/c1-10-6-7-11(8-14(10)22(26)27)16(24)19-9-15(23)20-21-17(25)12-4-2-3-5-13(12)18/h2-8H,9H2,1H3,(H,19,24)(H,20,23)(H,21,25). The van der Waals surface area contributed by atoms with Crippen molar-refractivity contribution in [3.63, 3.8) is 0 Å². The van der Waals surface area contributed by atoms with Crippen molar-refractivity contribution in [1.29, 1.82) is 0 Å². The average molecular weight is 435 g/mol. The maximum Gasteiger partial charge on any atom is 0.273 e. The lowest BCUT2D eigenvalue weighted by Crippen LogP contribution is -2.46. The van der Waals surface area contributed by atoms with Crippen LogP contribution in [0.15, 0.2) is 46.9 Å². The Balaban J connectivity index is 1.87. The van der Waals surface area contributed by atoms with E-state index in [-0.39, 0.29) is 11.3 Å². The van der Waals surface area contributed by atoms with E-state index in [4.69, 9.17) is 0 Å². The number of nitrogens with zero attached hydrogens (tertiary/aromatic N) is 1. The highest BCUT2D eigenvalue weighted by molar-refractivity contribution is 9.10. The van der Waals surface area contributed by atoms with E-state index in [0.717, 1.165) is 6.07 Å². The lowest BCUT2D eigenvalue weighted by molar-refractivity contribution is -0.385. The Bertz CT molecular complexity index is 916. The average Bonchev–Trinajstić information content (AvgIpc) is 2.64. The first-order valence-electron chi connectivity index (χ1n) is 7.66. The van der Waals surface area contributed by atoms with Crippen LogP contribution >= 0.6 is 15.9 Å². The summed E-state index contributed by atoms with van der Waals surface area (Å²) in [5.41, 5.74) is 5.01. The predicted octanol–water partition coefficient (Wildman–Crippen LogP) is 1.86. The molecule has 0 spiro atoms. The molecule has 0 radical (unpaired) electrons. The summed E-state index contributed by atoms with van der Waals surface area (Å²) in [6.07, 6.45) is 0. The molecule has 0 unspecified atom stereocenters. The van der Waals surface area contributed by atoms with Crippen LogP contribution in [-0.4, -0.2) is 29.2 Å². The molecule has 2 rings (SSSR count). The van der Waals surface area contributed by atoms with Crippen LogP contribution in [0, 0.1) is 17.0 Å². The van der Waals surface area contributed by atoms with Crippen molar-refractivity contribution in [2.24, 2.45) is 0 Å². The first kappa shape index (κ1) is 20.0. The smallest absolute Gasteiger partial charge is 0.273 e. The molecule has 9 nitrogen and oxygen atoms in total. The molecule has 0 saturated heterocycles. The molecule has 0 fully saturated rings. The Hall–Kier alpha value is -3.27. The van der Waals surface area contributed by atoms with Crippen LogP contribution in [0.25, 0.3) is 0 Å². The predicted molar refractivity (Wildman–Crippen MR) is 99.9 cm³/mol. The number of rotatable bonds is 5. The highest BCUT2D eigenvalue weighted by atomic mass is 79.9. The van der Waals surface area contributed by atoms with Gasteiger partial charge in [0, 0.05) is 21.7 Å².